The van der Waals surface area contributed by atoms with Gasteiger partial charge in [0.05, 0.1) is 56.7 Å². The first-order valence-electron chi connectivity index (χ1n) is 44.0. The van der Waals surface area contributed by atoms with Gasteiger partial charge in [0, 0.05) is 128 Å². The number of Topliss-reactive ketones (excluding diaryl/α,β-unsaturated/α-hetero) is 8. The van der Waals surface area contributed by atoms with Gasteiger partial charge in [0.25, 0.3) is 0 Å². The number of carboxylic acids is 3. The molecular weight excluding hydrogens is 1730 g/mol. The van der Waals surface area contributed by atoms with Crippen LogP contribution in [0.1, 0.15) is 206 Å². The molecule has 134 heavy (non-hydrogen) atoms. The largest absolute Gasteiger partial charge is 0.481 e. The number of morpholine rings is 1. The van der Waals surface area contributed by atoms with E-state index < -0.39 is 52.6 Å². The minimum atomic E-state index is -0.930. The molecule has 2 atom stereocenters. The van der Waals surface area contributed by atoms with Gasteiger partial charge in [-0.15, -0.1) is 0 Å². The summed E-state index contributed by atoms with van der Waals surface area (Å²) in [5, 5.41) is 32.1. The van der Waals surface area contributed by atoms with Gasteiger partial charge in [0.2, 0.25) is 5.91 Å². The van der Waals surface area contributed by atoms with E-state index in [9.17, 15) is 76.7 Å². The van der Waals surface area contributed by atoms with Crippen molar-refractivity contribution in [2.75, 3.05) is 119 Å². The standard InChI is InChI=1S/C14H28N2O.C12H15NO3.C11H13NO3.C10H11NO3.C9H10O2.C7H14N2O.2C7H12O3.C6H7N.C6H10O2.C5H11NO.C5H8O3.CH4/c1-13-4-5-16(12-14(13,2)3)7-6-15-8-10-17-11-9-15;1-10(14)7-8-13-12(15)16-9-11-5-3-2-4-6-11;1-9(13)7-12-11(14)15-8-10-5-3-2-4-6-10;1-8(12)7-11-10(13)14-9-5-3-2-4-6-9;1-8(10)11-7-9-5-3-2-4-6-9;1-7(10)9-5-3-8(2)4-6-9;1-5(8)7(2,3)4-6(9)10;1-5(8)4-7(2,3)6(9)10;1-6-4-2-3-5-7-6;1-5(7)6-2-3-8-4-6;1-4(7)5(2,3)6;1-4(6)2-3-5(7)8;/h13H,4-12H2,1-3H3;2-6H,7-9H2,1H3,(H,13,15);2-6H,7-8H2,1H3,(H,12,14);2-6H,7H2,1H3,(H,11,13);2-6H,7H2,1H3;3-6H2,1-2H3;2*4H2,1-3H3,(H,9,10);2-5H,1H3;6H,2-4H2,1H3;6H2,1-3H3;2-3H2,1H3,(H,7,8);1H4. The molecule has 9 rings (SSSR count). The highest BCUT2D eigenvalue weighted by atomic mass is 16.6. The van der Waals surface area contributed by atoms with E-state index in [-0.39, 0.29) is 123 Å². The molecule has 4 aliphatic heterocycles. The fourth-order valence-electron chi connectivity index (χ4n) is 10.5. The monoisotopic (exact) mass is 1880 g/mol. The molecule has 34 heteroatoms. The number of aromatic nitrogens is 1. The Morgan fingerprint density at radius 3 is 1.25 bits per heavy atom. The number of carbonyl (C=O) groups excluding carboxylic acids is 13. The van der Waals surface area contributed by atoms with Crippen molar-refractivity contribution in [3.8, 4) is 5.75 Å². The molecule has 0 aliphatic carbocycles. The summed E-state index contributed by atoms with van der Waals surface area (Å²) in [5.41, 5.74) is 7.49. The number of piperidine rings is 1. The maximum atomic E-state index is 11.2. The number of carboxylic acid groups (broad SMARTS) is 3. The maximum Gasteiger partial charge on any atom is 0.412 e. The zero-order valence-electron chi connectivity index (χ0n) is 82.2. The number of nitrogens with two attached hydrogens (primary N) is 1. The number of likely N-dealkylation sites (N-methyl/N-ethyl adjacent to an activating group) is 1. The summed E-state index contributed by atoms with van der Waals surface area (Å²) in [6.45, 7) is 49.0. The quantitative estimate of drug-likeness (QED) is 0.0181. The summed E-state index contributed by atoms with van der Waals surface area (Å²) in [6, 6.07) is 42.9. The number of rotatable bonds is 28. The minimum Gasteiger partial charge on any atom is -0.481 e. The van der Waals surface area contributed by atoms with Crippen molar-refractivity contribution in [3.05, 3.63) is 168 Å². The van der Waals surface area contributed by atoms with Crippen LogP contribution in [0.5, 0.6) is 5.75 Å². The highest BCUT2D eigenvalue weighted by Crippen LogP contribution is 2.34. The highest BCUT2D eigenvalue weighted by Gasteiger charge is 2.33. The summed E-state index contributed by atoms with van der Waals surface area (Å²) < 4.78 is 29.9. The number of hydrogen-bond acceptors (Lipinski definition) is 27. The maximum absolute atomic E-state index is 11.2. The van der Waals surface area contributed by atoms with Crippen molar-refractivity contribution in [1.82, 2.24) is 40.5 Å². The number of aryl methyl sites for hydroxylation is 1. The number of esters is 1. The third-order valence-corrected chi connectivity index (χ3v) is 19.7. The van der Waals surface area contributed by atoms with Crippen molar-refractivity contribution < 1.29 is 120 Å². The van der Waals surface area contributed by atoms with Gasteiger partial charge in [-0.2, -0.15) is 0 Å². The number of amides is 4. The number of benzene rings is 4. The molecule has 4 aliphatic rings. The number of carbonyl (C=O) groups is 16. The molecular formula is C100H155N9O25. The van der Waals surface area contributed by atoms with Crippen molar-refractivity contribution in [2.24, 2.45) is 33.8 Å². The first kappa shape index (κ1) is 129. The number of hydrogen-bond donors (Lipinski definition) is 7. The normalized spacial score (nSPS) is 14.4. The van der Waals surface area contributed by atoms with Crippen LogP contribution in [0.3, 0.4) is 0 Å². The van der Waals surface area contributed by atoms with E-state index in [0.717, 1.165) is 93.8 Å². The number of aliphatic carboxylic acids is 3. The van der Waals surface area contributed by atoms with Crippen LogP contribution in [-0.2, 0) is 106 Å². The highest BCUT2D eigenvalue weighted by molar-refractivity contribution is 5.87. The number of ether oxygens (including phenoxy) is 6. The Hall–Kier alpha value is -11.7. The number of nitrogens with zero attached hydrogens (tertiary/aromatic N) is 5. The molecule has 34 nitrogen and oxygen atoms in total. The van der Waals surface area contributed by atoms with E-state index in [0.29, 0.717) is 37.3 Å². The SMILES string of the molecule is C.CC(=O)C(C)(C)CC(=O)O.CC(=O)C(C)(C)N.CC(=O)C1CCOC1.CC(=O)CC(C)(C)C(=O)O.CC(=O)CCC(=O)O.CC(=O)CCNC(=O)OCc1ccccc1.CC(=O)CNC(=O)OCc1ccccc1.CC(=O)CNC(=O)Oc1ccccc1.CC(=O)N1CCN(C)CC1.CC(=O)OCc1ccccc1.CC1CCN(CCN2CCOCC2)CC1(C)C.Cc1ccccn1. The summed E-state index contributed by atoms with van der Waals surface area (Å²) in [4.78, 5) is 182. The Morgan fingerprint density at radius 2 is 0.925 bits per heavy atom. The van der Waals surface area contributed by atoms with Crippen LogP contribution >= 0.6 is 0 Å². The van der Waals surface area contributed by atoms with Crippen molar-refractivity contribution in [2.45, 2.75) is 216 Å². The van der Waals surface area contributed by atoms with E-state index in [4.69, 9.17) is 49.5 Å². The van der Waals surface area contributed by atoms with Gasteiger partial charge in [-0.3, -0.25) is 67.4 Å². The fraction of sp³-hybridized carbons (Fsp3) is 0.550. The molecule has 5 heterocycles. The first-order valence-corrected chi connectivity index (χ1v) is 44.0. The smallest absolute Gasteiger partial charge is 0.412 e. The molecule has 4 fully saturated rings. The third kappa shape index (κ3) is 75.8. The predicted molar refractivity (Wildman–Crippen MR) is 515 cm³/mol. The van der Waals surface area contributed by atoms with E-state index in [1.807, 2.05) is 127 Å². The second kappa shape index (κ2) is 73.7. The first-order chi connectivity index (χ1) is 62.1. The number of alkyl carbamates (subject to hydrolysis) is 2. The van der Waals surface area contributed by atoms with E-state index in [2.05, 4.69) is 63.5 Å². The van der Waals surface area contributed by atoms with Crippen LogP contribution in [-0.4, -0.2) is 258 Å². The molecule has 0 bridgehead atoms. The molecule has 4 saturated heterocycles. The minimum absolute atomic E-state index is 0. The van der Waals surface area contributed by atoms with Crippen LogP contribution < -0.4 is 26.4 Å². The van der Waals surface area contributed by atoms with Gasteiger partial charge in [-0.25, -0.2) is 14.4 Å². The summed E-state index contributed by atoms with van der Waals surface area (Å²) >= 11 is 0. The van der Waals surface area contributed by atoms with Gasteiger partial charge < -0.3 is 84.9 Å². The number of para-hydroxylation sites is 1. The summed E-state index contributed by atoms with van der Waals surface area (Å²) in [5.74, 6) is -1.44. The lowest BCUT2D eigenvalue weighted by atomic mass is 9.75. The van der Waals surface area contributed by atoms with Gasteiger partial charge in [-0.05, 0) is 169 Å². The Kier molecular flexibility index (Phi) is 70.8. The number of pyridine rings is 1. The number of piperazine rings is 1. The molecule has 4 aromatic carbocycles. The lowest BCUT2D eigenvalue weighted by molar-refractivity contribution is -0.149. The van der Waals surface area contributed by atoms with E-state index in [1.54, 1.807) is 72.0 Å². The molecule has 1 aromatic heterocycles. The third-order valence-electron chi connectivity index (χ3n) is 19.7. The summed E-state index contributed by atoms with van der Waals surface area (Å²) in [7, 11) is 2.08. The Bertz CT molecular complexity index is 4160. The average Bonchev–Trinajstić information content (AvgIpc) is 0.840. The van der Waals surface area contributed by atoms with Gasteiger partial charge in [-0.1, -0.05) is 157 Å². The molecule has 5 aromatic rings. The fourth-order valence-corrected chi connectivity index (χ4v) is 10.5. The van der Waals surface area contributed by atoms with Gasteiger partial charge >= 0.3 is 42.2 Å². The van der Waals surface area contributed by atoms with Crippen molar-refractivity contribution >= 4 is 94.3 Å². The van der Waals surface area contributed by atoms with Gasteiger partial charge in [0.1, 0.15) is 71.8 Å². The molecule has 2 unspecified atom stereocenters. The van der Waals surface area contributed by atoms with Crippen LogP contribution in [0.25, 0.3) is 0 Å². The lowest BCUT2D eigenvalue weighted by Gasteiger charge is -2.43. The topological polar surface area (TPSA) is 477 Å². The molecule has 0 radical (unpaired) electrons. The van der Waals surface area contributed by atoms with Crippen molar-refractivity contribution in [3.63, 3.8) is 0 Å². The Morgan fingerprint density at radius 1 is 0.485 bits per heavy atom. The summed E-state index contributed by atoms with van der Waals surface area (Å²) in [6.07, 6.45) is 2.82. The number of ketones is 8. The van der Waals surface area contributed by atoms with Crippen molar-refractivity contribution in [1.29, 1.82) is 0 Å². The van der Waals surface area contributed by atoms with Crippen LogP contribution in [0.15, 0.2) is 146 Å². The van der Waals surface area contributed by atoms with Crippen LogP contribution in [0, 0.1) is 35.0 Å². The second-order valence-corrected chi connectivity index (χ2v) is 34.4. The van der Waals surface area contributed by atoms with E-state index in [1.165, 1.54) is 102 Å². The van der Waals surface area contributed by atoms with Gasteiger partial charge in [0.15, 0.2) is 0 Å². The zero-order valence-corrected chi connectivity index (χ0v) is 82.2. The average molecular weight is 1880 g/mol. The Balaban J connectivity index is -0.000000695. The predicted octanol–water partition coefficient (Wildman–Crippen LogP) is 13.5. The Labute approximate surface area is 794 Å². The second-order valence-electron chi connectivity index (χ2n) is 34.4. The number of likely N-dealkylation sites (tertiary alicyclic amines) is 1. The number of nitrogens with one attached hydrogen (secondary N) is 3. The van der Waals surface area contributed by atoms with E-state index >= 15 is 0 Å². The molecule has 4 amide bonds. The zero-order chi connectivity index (χ0) is 102. The molecule has 0 spiro atoms. The lowest BCUT2D eigenvalue weighted by Crippen LogP contribution is -2.48. The molecule has 0 saturated carbocycles. The van der Waals surface area contributed by atoms with Crippen LogP contribution in [0.2, 0.25) is 0 Å². The van der Waals surface area contributed by atoms with Crippen LogP contribution in [0.4, 0.5) is 14.4 Å². The molecule has 8 N–H and O–H groups in total. The molecule has 750 valence electrons.